The number of nitrogens with zero attached hydrogens (tertiary/aromatic N) is 4. The van der Waals surface area contributed by atoms with Crippen molar-refractivity contribution in [2.75, 3.05) is 12.1 Å². The topological polar surface area (TPSA) is 103 Å². The van der Waals surface area contributed by atoms with Gasteiger partial charge >= 0.3 is 5.69 Å². The largest absolute Gasteiger partial charge is 0.454 e. The van der Waals surface area contributed by atoms with Crippen LogP contribution in [0.15, 0.2) is 23.1 Å². The highest BCUT2D eigenvalue weighted by Gasteiger charge is 2.55. The van der Waals surface area contributed by atoms with Gasteiger partial charge in [-0.2, -0.15) is 4.98 Å². The van der Waals surface area contributed by atoms with Gasteiger partial charge in [-0.25, -0.2) is 9.78 Å². The van der Waals surface area contributed by atoms with Crippen molar-refractivity contribution >= 4 is 22.8 Å². The number of aromatic nitrogens is 4. The van der Waals surface area contributed by atoms with Crippen LogP contribution in [0.3, 0.4) is 0 Å². The minimum Gasteiger partial charge on any atom is -0.454 e. The summed E-state index contributed by atoms with van der Waals surface area (Å²) < 4.78 is 14.3. The second kappa shape index (κ2) is 5.75. The highest BCUT2D eigenvalue weighted by molar-refractivity contribution is 5.74. The van der Waals surface area contributed by atoms with Gasteiger partial charge in [0.25, 0.3) is 0 Å². The summed E-state index contributed by atoms with van der Waals surface area (Å²) in [4.78, 5) is 22.3. The molecule has 3 aliphatic rings. The van der Waals surface area contributed by atoms with E-state index in [9.17, 15) is 9.90 Å². The molecule has 2 saturated carbocycles. The molecule has 1 aromatic carbocycles. The first kappa shape index (κ1) is 17.8. The average molecular weight is 409 g/mol. The summed E-state index contributed by atoms with van der Waals surface area (Å²) in [5, 5.41) is 14.0. The third kappa shape index (κ3) is 2.35. The Hall–Kier alpha value is -3.07. The van der Waals surface area contributed by atoms with Crippen LogP contribution in [0.1, 0.15) is 37.7 Å². The summed E-state index contributed by atoms with van der Waals surface area (Å²) in [6, 6.07) is 3.79. The number of hydrogen-bond acceptors (Lipinski definition) is 7. The van der Waals surface area contributed by atoms with Crippen LogP contribution in [-0.2, 0) is 12.6 Å². The molecule has 156 valence electrons. The normalized spacial score (nSPS) is 26.6. The first-order valence-corrected chi connectivity index (χ1v) is 10.2. The van der Waals surface area contributed by atoms with Crippen molar-refractivity contribution in [3.05, 3.63) is 34.4 Å². The lowest BCUT2D eigenvalue weighted by molar-refractivity contribution is 0.0521. The Morgan fingerprint density at radius 1 is 1.17 bits per heavy atom. The lowest BCUT2D eigenvalue weighted by Crippen LogP contribution is -2.38. The Kier molecular flexibility index (Phi) is 3.41. The number of fused-ring (bicyclic) bond motifs is 4. The van der Waals surface area contributed by atoms with Crippen LogP contribution in [0.2, 0.25) is 0 Å². The van der Waals surface area contributed by atoms with Crippen molar-refractivity contribution in [3.8, 4) is 11.5 Å². The Bertz CT molecular complexity index is 1250. The van der Waals surface area contributed by atoms with E-state index >= 15 is 0 Å². The second-order valence-corrected chi connectivity index (χ2v) is 8.85. The van der Waals surface area contributed by atoms with Crippen LogP contribution in [-0.4, -0.2) is 36.6 Å². The number of nitrogens with one attached hydrogen (secondary N) is 1. The van der Waals surface area contributed by atoms with Crippen molar-refractivity contribution < 1.29 is 14.6 Å². The van der Waals surface area contributed by atoms with Gasteiger partial charge in [-0.1, -0.05) is 0 Å². The summed E-state index contributed by atoms with van der Waals surface area (Å²) >= 11 is 0. The Morgan fingerprint density at radius 3 is 2.60 bits per heavy atom. The lowest BCUT2D eigenvalue weighted by Gasteiger charge is -2.27. The molecule has 2 bridgehead atoms. The molecule has 0 saturated heterocycles. The summed E-state index contributed by atoms with van der Waals surface area (Å²) in [5.41, 5.74) is 1.95. The molecule has 0 amide bonds. The van der Waals surface area contributed by atoms with Crippen molar-refractivity contribution in [3.63, 3.8) is 0 Å². The summed E-state index contributed by atoms with van der Waals surface area (Å²) in [5.74, 6) is 1.81. The maximum atomic E-state index is 13.1. The number of rotatable bonds is 3. The van der Waals surface area contributed by atoms with Crippen LogP contribution in [0.25, 0.3) is 11.2 Å². The molecular formula is C21H23N5O4. The van der Waals surface area contributed by atoms with Crippen LogP contribution in [0.5, 0.6) is 11.5 Å². The zero-order valence-electron chi connectivity index (χ0n) is 16.9. The Labute approximate surface area is 172 Å². The lowest BCUT2D eigenvalue weighted by atomic mass is 9.92. The van der Waals surface area contributed by atoms with Crippen LogP contribution >= 0.6 is 0 Å². The minimum absolute atomic E-state index is 0.109. The van der Waals surface area contributed by atoms with Gasteiger partial charge in [-0.05, 0) is 50.7 Å². The van der Waals surface area contributed by atoms with E-state index in [1.807, 2.05) is 19.1 Å². The quantitative estimate of drug-likeness (QED) is 0.684. The van der Waals surface area contributed by atoms with E-state index in [1.165, 1.54) is 0 Å². The van der Waals surface area contributed by atoms with Gasteiger partial charge in [0, 0.05) is 18.8 Å². The van der Waals surface area contributed by atoms with E-state index in [4.69, 9.17) is 14.5 Å². The van der Waals surface area contributed by atoms with Crippen LogP contribution in [0.4, 0.5) is 11.6 Å². The number of hydrogen-bond donors (Lipinski definition) is 2. The van der Waals surface area contributed by atoms with Gasteiger partial charge in [-0.3, -0.25) is 9.13 Å². The fourth-order valence-corrected chi connectivity index (χ4v) is 5.35. The number of ether oxygens (including phenoxy) is 2. The fraction of sp³-hybridized carbons (Fsp3) is 0.476. The van der Waals surface area contributed by atoms with Gasteiger partial charge < -0.3 is 19.9 Å². The molecule has 9 heteroatoms. The predicted octanol–water partition coefficient (Wildman–Crippen LogP) is 2.31. The maximum Gasteiger partial charge on any atom is 0.330 e. The minimum atomic E-state index is -0.653. The zero-order chi connectivity index (χ0) is 20.7. The van der Waals surface area contributed by atoms with E-state index in [2.05, 4.69) is 10.3 Å². The number of aryl methyl sites for hydroxylation is 2. The van der Waals surface area contributed by atoms with Crippen molar-refractivity contribution in [1.29, 1.82) is 0 Å². The SMILES string of the molecule is Cc1cc2c(cc1Nc1ncc3c(n1)n(C14CCC(O)(CC1)C4)c(=O)n3C)OCO2. The second-order valence-electron chi connectivity index (χ2n) is 8.85. The molecule has 0 atom stereocenters. The van der Waals surface area contributed by atoms with E-state index < -0.39 is 5.60 Å². The third-order valence-electron chi connectivity index (χ3n) is 7.01. The molecule has 2 N–H and O–H groups in total. The summed E-state index contributed by atoms with van der Waals surface area (Å²) in [6.07, 6.45) is 5.31. The molecule has 2 aromatic heterocycles. The summed E-state index contributed by atoms with van der Waals surface area (Å²) in [6.45, 7) is 2.18. The molecule has 0 spiro atoms. The fourth-order valence-electron chi connectivity index (χ4n) is 5.35. The van der Waals surface area contributed by atoms with Crippen molar-refractivity contribution in [2.45, 2.75) is 50.2 Å². The molecule has 2 aliphatic carbocycles. The first-order chi connectivity index (χ1) is 14.4. The number of anilines is 2. The highest BCUT2D eigenvalue weighted by atomic mass is 16.7. The van der Waals surface area contributed by atoms with E-state index in [0.29, 0.717) is 29.3 Å². The molecular weight excluding hydrogens is 386 g/mol. The third-order valence-corrected chi connectivity index (χ3v) is 7.01. The molecule has 3 aromatic rings. The molecule has 0 radical (unpaired) electrons. The predicted molar refractivity (Wildman–Crippen MR) is 109 cm³/mol. The molecule has 9 nitrogen and oxygen atoms in total. The first-order valence-electron chi connectivity index (χ1n) is 10.2. The van der Waals surface area contributed by atoms with Crippen molar-refractivity contribution in [1.82, 2.24) is 19.1 Å². The van der Waals surface area contributed by atoms with Gasteiger partial charge in [0.2, 0.25) is 12.7 Å². The van der Waals surface area contributed by atoms with Gasteiger partial charge in [0.15, 0.2) is 17.1 Å². The highest BCUT2D eigenvalue weighted by Crippen LogP contribution is 2.55. The molecule has 30 heavy (non-hydrogen) atoms. The number of aliphatic hydroxyl groups is 1. The maximum absolute atomic E-state index is 13.1. The van der Waals surface area contributed by atoms with Crippen LogP contribution < -0.4 is 20.5 Å². The van der Waals surface area contributed by atoms with Gasteiger partial charge in [0.1, 0.15) is 5.52 Å². The molecule has 3 heterocycles. The Balaban J connectivity index is 1.45. The molecule has 6 rings (SSSR count). The smallest absolute Gasteiger partial charge is 0.330 e. The van der Waals surface area contributed by atoms with E-state index in [-0.39, 0.29) is 18.0 Å². The number of benzene rings is 1. The van der Waals surface area contributed by atoms with Gasteiger partial charge in [-0.15, -0.1) is 0 Å². The van der Waals surface area contributed by atoms with Crippen LogP contribution in [0, 0.1) is 6.92 Å². The molecule has 0 unspecified atom stereocenters. The summed E-state index contributed by atoms with van der Waals surface area (Å²) in [7, 11) is 1.74. The number of imidazole rings is 1. The monoisotopic (exact) mass is 409 g/mol. The Morgan fingerprint density at radius 2 is 1.90 bits per heavy atom. The molecule has 1 aliphatic heterocycles. The van der Waals surface area contributed by atoms with Gasteiger partial charge in [0.05, 0.1) is 17.3 Å². The van der Waals surface area contributed by atoms with E-state index in [0.717, 1.165) is 42.7 Å². The zero-order valence-corrected chi connectivity index (χ0v) is 16.9. The van der Waals surface area contributed by atoms with Crippen molar-refractivity contribution in [2.24, 2.45) is 7.05 Å². The average Bonchev–Trinajstić information content (AvgIpc) is 3.45. The standard InChI is InChI=1S/C21H23N5O4/c1-12-7-15-16(30-11-29-15)8-13(12)23-18-22-9-14-17(24-18)26(19(27)25(14)2)20-3-5-21(28,10-20)6-4-20/h7-9,28H,3-6,10-11H2,1-2H3,(H,22,23,24). The molecule has 2 fully saturated rings. The van der Waals surface area contributed by atoms with E-state index in [1.54, 1.807) is 22.4 Å².